The van der Waals surface area contributed by atoms with E-state index in [1.807, 2.05) is 31.2 Å². The van der Waals surface area contributed by atoms with Gasteiger partial charge in [0.25, 0.3) is 0 Å². The third-order valence-corrected chi connectivity index (χ3v) is 3.29. The van der Waals surface area contributed by atoms with Crippen molar-refractivity contribution >= 4 is 16.9 Å². The molecule has 21 heavy (non-hydrogen) atoms. The maximum atomic E-state index is 12.2. The van der Waals surface area contributed by atoms with Gasteiger partial charge in [0, 0.05) is 11.6 Å². The number of aromatic carboxylic acids is 1. The van der Waals surface area contributed by atoms with Crippen molar-refractivity contribution in [2.45, 2.75) is 6.92 Å². The van der Waals surface area contributed by atoms with Crippen LogP contribution in [-0.2, 0) is 0 Å². The summed E-state index contributed by atoms with van der Waals surface area (Å²) in [4.78, 5) is 23.4. The number of rotatable bonds is 2. The Morgan fingerprint density at radius 3 is 2.57 bits per heavy atom. The molecule has 0 aliphatic rings. The quantitative estimate of drug-likeness (QED) is 0.780. The minimum Gasteiger partial charge on any atom is -0.478 e. The van der Waals surface area contributed by atoms with E-state index in [1.54, 1.807) is 6.07 Å². The highest BCUT2D eigenvalue weighted by Crippen LogP contribution is 2.24. The smallest absolute Gasteiger partial charge is 0.339 e. The van der Waals surface area contributed by atoms with Gasteiger partial charge in [-0.25, -0.2) is 4.79 Å². The van der Waals surface area contributed by atoms with Gasteiger partial charge in [-0.3, -0.25) is 4.79 Å². The van der Waals surface area contributed by atoms with Crippen molar-refractivity contribution in [1.82, 2.24) is 0 Å². The van der Waals surface area contributed by atoms with E-state index >= 15 is 0 Å². The van der Waals surface area contributed by atoms with Crippen LogP contribution in [0.4, 0.5) is 0 Å². The van der Waals surface area contributed by atoms with Gasteiger partial charge in [-0.15, -0.1) is 0 Å². The minimum atomic E-state index is -1.12. The molecule has 0 unspecified atom stereocenters. The number of fused-ring (bicyclic) bond motifs is 1. The Morgan fingerprint density at radius 1 is 1.10 bits per heavy atom. The van der Waals surface area contributed by atoms with Crippen LogP contribution in [0.15, 0.2) is 57.7 Å². The molecule has 0 fully saturated rings. The summed E-state index contributed by atoms with van der Waals surface area (Å²) >= 11 is 0. The van der Waals surface area contributed by atoms with Crippen molar-refractivity contribution in [3.05, 3.63) is 69.9 Å². The number of carbonyl (C=O) groups is 1. The normalized spacial score (nSPS) is 10.7. The summed E-state index contributed by atoms with van der Waals surface area (Å²) in [6, 6.07) is 13.4. The van der Waals surface area contributed by atoms with Crippen LogP contribution >= 0.6 is 0 Å². The molecule has 3 aromatic rings. The third kappa shape index (κ3) is 2.31. The Labute approximate surface area is 120 Å². The zero-order chi connectivity index (χ0) is 15.0. The van der Waals surface area contributed by atoms with E-state index in [9.17, 15) is 14.7 Å². The first-order chi connectivity index (χ1) is 10.1. The van der Waals surface area contributed by atoms with Crippen LogP contribution in [0.2, 0.25) is 0 Å². The molecule has 4 nitrogen and oxygen atoms in total. The van der Waals surface area contributed by atoms with E-state index in [4.69, 9.17) is 4.42 Å². The van der Waals surface area contributed by atoms with Crippen LogP contribution < -0.4 is 5.43 Å². The van der Waals surface area contributed by atoms with Crippen LogP contribution in [0, 0.1) is 6.92 Å². The molecule has 0 bridgehead atoms. The van der Waals surface area contributed by atoms with E-state index in [0.717, 1.165) is 11.1 Å². The maximum Gasteiger partial charge on any atom is 0.339 e. The van der Waals surface area contributed by atoms with Gasteiger partial charge in [0.15, 0.2) is 11.0 Å². The first-order valence-electron chi connectivity index (χ1n) is 6.43. The van der Waals surface area contributed by atoms with E-state index in [1.165, 1.54) is 18.2 Å². The van der Waals surface area contributed by atoms with Crippen molar-refractivity contribution in [2.75, 3.05) is 0 Å². The molecule has 0 saturated carbocycles. The Kier molecular flexibility index (Phi) is 3.06. The van der Waals surface area contributed by atoms with Gasteiger partial charge in [-0.05, 0) is 25.1 Å². The second kappa shape index (κ2) is 4.90. The molecule has 3 rings (SSSR count). The summed E-state index contributed by atoms with van der Waals surface area (Å²) in [5.74, 6) is -0.755. The fourth-order valence-electron chi connectivity index (χ4n) is 2.29. The number of hydrogen-bond donors (Lipinski definition) is 1. The molecule has 0 amide bonds. The van der Waals surface area contributed by atoms with Gasteiger partial charge in [0.2, 0.25) is 0 Å². The zero-order valence-corrected chi connectivity index (χ0v) is 11.3. The van der Waals surface area contributed by atoms with Crippen LogP contribution in [0.3, 0.4) is 0 Å². The van der Waals surface area contributed by atoms with Gasteiger partial charge >= 0.3 is 5.97 Å². The molecule has 1 N–H and O–H groups in total. The molecule has 0 aliphatic heterocycles. The average Bonchev–Trinajstić information content (AvgIpc) is 2.46. The van der Waals surface area contributed by atoms with Crippen molar-refractivity contribution in [1.29, 1.82) is 0 Å². The van der Waals surface area contributed by atoms with Crippen molar-refractivity contribution in [3.63, 3.8) is 0 Å². The molecule has 2 aromatic carbocycles. The number of aryl methyl sites for hydroxylation is 1. The second-order valence-corrected chi connectivity index (χ2v) is 4.83. The fraction of sp³-hybridized carbons (Fsp3) is 0.0588. The summed E-state index contributed by atoms with van der Waals surface area (Å²) in [5, 5.41) is 9.49. The number of carboxylic acids is 1. The molecule has 1 aromatic heterocycles. The van der Waals surface area contributed by atoms with E-state index in [2.05, 4.69) is 0 Å². The predicted molar refractivity (Wildman–Crippen MR) is 79.6 cm³/mol. The monoisotopic (exact) mass is 280 g/mol. The van der Waals surface area contributed by atoms with Gasteiger partial charge in [-0.1, -0.05) is 29.8 Å². The van der Waals surface area contributed by atoms with E-state index in [-0.39, 0.29) is 22.0 Å². The summed E-state index contributed by atoms with van der Waals surface area (Å²) in [5.41, 5.74) is 1.61. The Hall–Kier alpha value is -2.88. The van der Waals surface area contributed by atoms with E-state index < -0.39 is 5.97 Å². The first-order valence-corrected chi connectivity index (χ1v) is 6.43. The summed E-state index contributed by atoms with van der Waals surface area (Å²) < 4.78 is 5.70. The SMILES string of the molecule is Cc1cccc(-c2cc(=O)c3cccc(C(=O)O)c3o2)c1. The number of para-hydroxylation sites is 1. The lowest BCUT2D eigenvalue weighted by Gasteiger charge is -2.06. The predicted octanol–water partition coefficient (Wildman–Crippen LogP) is 3.47. The number of carboxylic acid groups (broad SMARTS) is 1. The molecule has 4 heteroatoms. The van der Waals surface area contributed by atoms with Gasteiger partial charge in [0.1, 0.15) is 11.3 Å². The van der Waals surface area contributed by atoms with Crippen LogP contribution in [0.5, 0.6) is 0 Å². The van der Waals surface area contributed by atoms with Crippen molar-refractivity contribution in [3.8, 4) is 11.3 Å². The molecule has 0 spiro atoms. The lowest BCUT2D eigenvalue weighted by molar-refractivity contribution is 0.0698. The zero-order valence-electron chi connectivity index (χ0n) is 11.3. The first kappa shape index (κ1) is 13.1. The Morgan fingerprint density at radius 2 is 1.86 bits per heavy atom. The summed E-state index contributed by atoms with van der Waals surface area (Å²) in [7, 11) is 0. The van der Waals surface area contributed by atoms with Crippen LogP contribution in [0.25, 0.3) is 22.3 Å². The lowest BCUT2D eigenvalue weighted by Crippen LogP contribution is -2.05. The summed E-state index contributed by atoms with van der Waals surface area (Å²) in [6.45, 7) is 1.94. The van der Waals surface area contributed by atoms with Crippen molar-refractivity contribution < 1.29 is 14.3 Å². The largest absolute Gasteiger partial charge is 0.478 e. The highest BCUT2D eigenvalue weighted by atomic mass is 16.4. The molecule has 0 radical (unpaired) electrons. The number of benzene rings is 2. The number of hydrogen-bond acceptors (Lipinski definition) is 3. The van der Waals surface area contributed by atoms with Gasteiger partial charge < -0.3 is 9.52 Å². The highest BCUT2D eigenvalue weighted by Gasteiger charge is 2.14. The average molecular weight is 280 g/mol. The fourth-order valence-corrected chi connectivity index (χ4v) is 2.29. The van der Waals surface area contributed by atoms with Crippen molar-refractivity contribution in [2.24, 2.45) is 0 Å². The topological polar surface area (TPSA) is 67.5 Å². The standard InChI is InChI=1S/C17H12O4/c1-10-4-2-5-11(8-10)15-9-14(18)12-6-3-7-13(17(19)20)16(12)21-15/h2-9H,1H3,(H,19,20). The molecule has 0 aliphatic carbocycles. The maximum absolute atomic E-state index is 12.2. The Bertz CT molecular complexity index is 906. The highest BCUT2D eigenvalue weighted by molar-refractivity contribution is 6.01. The van der Waals surface area contributed by atoms with Crippen LogP contribution in [-0.4, -0.2) is 11.1 Å². The third-order valence-electron chi connectivity index (χ3n) is 3.29. The molecular weight excluding hydrogens is 268 g/mol. The molecule has 0 atom stereocenters. The van der Waals surface area contributed by atoms with Crippen LogP contribution in [0.1, 0.15) is 15.9 Å². The molecule has 1 heterocycles. The Balaban J connectivity index is 2.34. The molecule has 0 saturated heterocycles. The minimum absolute atomic E-state index is 0.0147. The molecule has 104 valence electrons. The lowest BCUT2D eigenvalue weighted by atomic mass is 10.1. The van der Waals surface area contributed by atoms with Gasteiger partial charge in [0.05, 0.1) is 5.39 Å². The van der Waals surface area contributed by atoms with Gasteiger partial charge in [-0.2, -0.15) is 0 Å². The summed E-state index contributed by atoms with van der Waals surface area (Å²) in [6.07, 6.45) is 0. The van der Waals surface area contributed by atoms with E-state index in [0.29, 0.717) is 5.76 Å². The molecular formula is C17H12O4. The second-order valence-electron chi connectivity index (χ2n) is 4.83.